The third kappa shape index (κ3) is 6.31. The van der Waals surface area contributed by atoms with Gasteiger partial charge in [0.2, 0.25) is 0 Å². The lowest BCUT2D eigenvalue weighted by atomic mass is 10.1. The number of nitrogens with zero attached hydrogens (tertiary/aromatic N) is 2. The van der Waals surface area contributed by atoms with Crippen molar-refractivity contribution in [2.24, 2.45) is 0 Å². The second-order valence-corrected chi connectivity index (χ2v) is 9.89. The van der Waals surface area contributed by atoms with Crippen LogP contribution in [0.3, 0.4) is 0 Å². The van der Waals surface area contributed by atoms with Gasteiger partial charge in [-0.25, -0.2) is 0 Å². The summed E-state index contributed by atoms with van der Waals surface area (Å²) < 4.78 is 50.4. The Morgan fingerprint density at radius 1 is 1.00 bits per heavy atom. The van der Waals surface area contributed by atoms with Gasteiger partial charge in [0.1, 0.15) is 5.75 Å². The number of benzene rings is 3. The summed E-state index contributed by atoms with van der Waals surface area (Å²) in [5.74, 6) is -1.69. The van der Waals surface area contributed by atoms with Crippen molar-refractivity contribution in [1.82, 2.24) is 4.90 Å². The van der Waals surface area contributed by atoms with Crippen molar-refractivity contribution in [3.63, 3.8) is 0 Å². The van der Waals surface area contributed by atoms with E-state index in [2.05, 4.69) is 0 Å². The standard InChI is InChI=1S/C28H27F3N2O4S/c1-32(27(35)28(29,30)31)16-17-33-22-10-6-7-11-23(22)38-25(20-12-14-21(36-2)15-13-20)24(26(33)34)37-18-19-8-4-3-5-9-19/h3-15,24-25H,16-18H2,1-2H3/t24-,25+/m1/s1. The van der Waals surface area contributed by atoms with Gasteiger partial charge in [0.05, 0.1) is 24.7 Å². The quantitative estimate of drug-likeness (QED) is 0.376. The fourth-order valence-electron chi connectivity index (χ4n) is 4.13. The molecule has 3 aromatic rings. The molecule has 3 aromatic carbocycles. The second kappa shape index (κ2) is 11.9. The summed E-state index contributed by atoms with van der Waals surface area (Å²) in [6.07, 6.45) is -5.95. The van der Waals surface area contributed by atoms with E-state index in [1.54, 1.807) is 31.4 Å². The molecule has 4 rings (SSSR count). The van der Waals surface area contributed by atoms with Crippen molar-refractivity contribution in [2.45, 2.75) is 29.0 Å². The number of methoxy groups -OCH3 is 1. The number of ether oxygens (including phenoxy) is 2. The second-order valence-electron chi connectivity index (χ2n) is 8.71. The maximum Gasteiger partial charge on any atom is 0.471 e. The SMILES string of the molecule is COc1ccc([C@@H]2Sc3ccccc3N(CCN(C)C(=O)C(F)(F)F)C(=O)[C@@H]2OCc2ccccc2)cc1. The fourth-order valence-corrected chi connectivity index (χ4v) is 5.48. The van der Waals surface area contributed by atoms with Crippen LogP contribution in [-0.2, 0) is 20.9 Å². The Kier molecular flexibility index (Phi) is 8.63. The minimum absolute atomic E-state index is 0.130. The zero-order valence-electron chi connectivity index (χ0n) is 20.9. The van der Waals surface area contributed by atoms with E-state index < -0.39 is 29.3 Å². The van der Waals surface area contributed by atoms with Crippen LogP contribution in [0.25, 0.3) is 0 Å². The Morgan fingerprint density at radius 2 is 1.66 bits per heavy atom. The number of rotatable bonds is 8. The lowest BCUT2D eigenvalue weighted by Crippen LogP contribution is -2.47. The fraction of sp³-hybridized carbons (Fsp3) is 0.286. The number of halogens is 3. The highest BCUT2D eigenvalue weighted by molar-refractivity contribution is 7.99. The minimum atomic E-state index is -4.99. The van der Waals surface area contributed by atoms with Gasteiger partial charge in [-0.3, -0.25) is 9.59 Å². The van der Waals surface area contributed by atoms with Crippen LogP contribution in [0.2, 0.25) is 0 Å². The molecule has 2 atom stereocenters. The number of carbonyl (C=O) groups excluding carboxylic acids is 2. The average molecular weight is 545 g/mol. The molecule has 2 amide bonds. The van der Waals surface area contributed by atoms with Crippen LogP contribution in [0.5, 0.6) is 5.75 Å². The lowest BCUT2D eigenvalue weighted by Gasteiger charge is -2.29. The maximum absolute atomic E-state index is 14.1. The summed E-state index contributed by atoms with van der Waals surface area (Å²) in [5, 5.41) is -0.446. The largest absolute Gasteiger partial charge is 0.497 e. The molecule has 1 heterocycles. The van der Waals surface area contributed by atoms with Crippen molar-refractivity contribution in [2.75, 3.05) is 32.1 Å². The zero-order chi connectivity index (χ0) is 27.3. The predicted molar refractivity (Wildman–Crippen MR) is 139 cm³/mol. The summed E-state index contributed by atoms with van der Waals surface area (Å²) in [6.45, 7) is -0.266. The van der Waals surface area contributed by atoms with Gasteiger partial charge in [-0.05, 0) is 35.4 Å². The Labute approximate surface area is 223 Å². The molecule has 0 bridgehead atoms. The summed E-state index contributed by atoms with van der Waals surface area (Å²) in [4.78, 5) is 28.5. The average Bonchev–Trinajstić information content (AvgIpc) is 3.04. The van der Waals surface area contributed by atoms with E-state index in [9.17, 15) is 22.8 Å². The van der Waals surface area contributed by atoms with E-state index in [0.29, 0.717) is 16.3 Å². The highest BCUT2D eigenvalue weighted by Gasteiger charge is 2.42. The monoisotopic (exact) mass is 544 g/mol. The molecule has 0 saturated carbocycles. The maximum atomic E-state index is 14.1. The van der Waals surface area contributed by atoms with E-state index >= 15 is 0 Å². The van der Waals surface area contributed by atoms with Crippen LogP contribution in [-0.4, -0.2) is 56.2 Å². The van der Waals surface area contributed by atoms with Gasteiger partial charge in [-0.1, -0.05) is 54.6 Å². The van der Waals surface area contributed by atoms with Gasteiger partial charge in [-0.2, -0.15) is 13.2 Å². The lowest BCUT2D eigenvalue weighted by molar-refractivity contribution is -0.183. The zero-order valence-corrected chi connectivity index (χ0v) is 21.7. The van der Waals surface area contributed by atoms with Crippen molar-refractivity contribution in [1.29, 1.82) is 0 Å². The first-order valence-electron chi connectivity index (χ1n) is 11.9. The first-order chi connectivity index (χ1) is 18.2. The number of fused-ring (bicyclic) bond motifs is 1. The molecule has 6 nitrogen and oxygen atoms in total. The van der Waals surface area contributed by atoms with Crippen LogP contribution in [0, 0.1) is 0 Å². The molecule has 10 heteroatoms. The molecule has 1 aliphatic rings. The van der Waals surface area contributed by atoms with E-state index in [0.717, 1.165) is 23.1 Å². The number of anilines is 1. The Morgan fingerprint density at radius 3 is 2.32 bits per heavy atom. The Bertz CT molecular complexity index is 1250. The number of alkyl halides is 3. The molecular formula is C28H27F3N2O4S. The molecule has 0 fully saturated rings. The Hall–Kier alpha value is -3.50. The van der Waals surface area contributed by atoms with Crippen molar-refractivity contribution < 1.29 is 32.2 Å². The van der Waals surface area contributed by atoms with Crippen LogP contribution < -0.4 is 9.64 Å². The molecule has 0 aromatic heterocycles. The summed E-state index contributed by atoms with van der Waals surface area (Å²) in [7, 11) is 2.64. The summed E-state index contributed by atoms with van der Waals surface area (Å²) >= 11 is 1.45. The van der Waals surface area contributed by atoms with Gasteiger partial charge in [0.15, 0.2) is 6.10 Å². The molecule has 0 radical (unpaired) electrons. The Balaban J connectivity index is 1.69. The van der Waals surface area contributed by atoms with Crippen LogP contribution in [0.15, 0.2) is 83.8 Å². The smallest absolute Gasteiger partial charge is 0.471 e. The van der Waals surface area contributed by atoms with Crippen molar-refractivity contribution >= 4 is 29.3 Å². The number of thioether (sulfide) groups is 1. The highest BCUT2D eigenvalue weighted by Crippen LogP contribution is 2.47. The molecule has 0 unspecified atom stereocenters. The summed E-state index contributed by atoms with van der Waals surface area (Å²) in [5.41, 5.74) is 2.27. The van der Waals surface area contributed by atoms with Gasteiger partial charge in [0.25, 0.3) is 5.91 Å². The first kappa shape index (κ1) is 27.5. The number of carbonyl (C=O) groups is 2. The van der Waals surface area contributed by atoms with Crippen LogP contribution >= 0.6 is 11.8 Å². The normalized spacial score (nSPS) is 17.5. The number of amides is 2. The number of para-hydroxylation sites is 1. The molecular weight excluding hydrogens is 517 g/mol. The molecule has 200 valence electrons. The third-order valence-electron chi connectivity index (χ3n) is 6.16. The molecule has 0 saturated heterocycles. The van der Waals surface area contributed by atoms with Gasteiger partial charge in [0, 0.05) is 25.0 Å². The minimum Gasteiger partial charge on any atom is -0.497 e. The first-order valence-corrected chi connectivity index (χ1v) is 12.8. The topological polar surface area (TPSA) is 59.1 Å². The number of likely N-dealkylation sites (N-methyl/N-ethyl adjacent to an activating group) is 1. The predicted octanol–water partition coefficient (Wildman–Crippen LogP) is 5.48. The van der Waals surface area contributed by atoms with Gasteiger partial charge in [-0.15, -0.1) is 11.8 Å². The molecule has 1 aliphatic heterocycles. The summed E-state index contributed by atoms with van der Waals surface area (Å²) in [6, 6.07) is 24.0. The van der Waals surface area contributed by atoms with Crippen LogP contribution in [0.4, 0.5) is 18.9 Å². The highest BCUT2D eigenvalue weighted by atomic mass is 32.2. The third-order valence-corrected chi connectivity index (χ3v) is 7.53. The molecule has 0 N–H and O–H groups in total. The van der Waals surface area contributed by atoms with Crippen molar-refractivity contribution in [3.8, 4) is 5.75 Å². The van der Waals surface area contributed by atoms with Crippen LogP contribution in [0.1, 0.15) is 16.4 Å². The number of hydrogen-bond acceptors (Lipinski definition) is 5. The van der Waals surface area contributed by atoms with Crippen molar-refractivity contribution in [3.05, 3.63) is 90.0 Å². The van der Waals surface area contributed by atoms with Gasteiger partial charge < -0.3 is 19.3 Å². The van der Waals surface area contributed by atoms with E-state index in [1.807, 2.05) is 54.6 Å². The van der Waals surface area contributed by atoms with E-state index in [-0.39, 0.29) is 19.7 Å². The van der Waals surface area contributed by atoms with Gasteiger partial charge >= 0.3 is 12.1 Å². The molecule has 0 aliphatic carbocycles. The van der Waals surface area contributed by atoms with E-state index in [4.69, 9.17) is 9.47 Å². The molecule has 0 spiro atoms. The molecule has 38 heavy (non-hydrogen) atoms. The number of hydrogen-bond donors (Lipinski definition) is 0. The van der Waals surface area contributed by atoms with E-state index in [1.165, 1.54) is 16.7 Å².